The standard InChI is InChI=1S/C31H38F2O/c1-8-22-18-28(19-23(9-2)21(22)7)34-31(32,33)30-25(11-4)16-27(17-26(30)12-5)29-14-13-20(6)15-24(29)10-3/h13-19H,8-12H2,1-7H3. The topological polar surface area (TPSA) is 9.23 Å². The van der Waals surface area contributed by atoms with Gasteiger partial charge in [-0.05, 0) is 103 Å². The highest BCUT2D eigenvalue weighted by atomic mass is 19.3. The molecule has 3 rings (SSSR count). The fourth-order valence-electron chi connectivity index (χ4n) is 4.95. The minimum absolute atomic E-state index is 0.0167. The number of alkyl halides is 2. The average Bonchev–Trinajstić information content (AvgIpc) is 2.83. The van der Waals surface area contributed by atoms with Gasteiger partial charge in [0.2, 0.25) is 0 Å². The molecule has 0 saturated carbocycles. The lowest BCUT2D eigenvalue weighted by Gasteiger charge is -2.25. The van der Waals surface area contributed by atoms with Gasteiger partial charge in [-0.15, -0.1) is 0 Å². The Labute approximate surface area is 204 Å². The molecule has 182 valence electrons. The molecular weight excluding hydrogens is 426 g/mol. The van der Waals surface area contributed by atoms with E-state index in [4.69, 9.17) is 4.74 Å². The van der Waals surface area contributed by atoms with Crippen molar-refractivity contribution < 1.29 is 13.5 Å². The van der Waals surface area contributed by atoms with E-state index in [9.17, 15) is 0 Å². The van der Waals surface area contributed by atoms with E-state index >= 15 is 8.78 Å². The van der Waals surface area contributed by atoms with Gasteiger partial charge in [-0.2, -0.15) is 8.78 Å². The maximum atomic E-state index is 15.8. The SMILES string of the molecule is CCc1cc(C)ccc1-c1cc(CC)c(C(F)(F)Oc2cc(CC)c(C)c(CC)c2)c(CC)c1. The number of hydrogen-bond acceptors (Lipinski definition) is 1. The van der Waals surface area contributed by atoms with Crippen LogP contribution in [0.4, 0.5) is 8.78 Å². The van der Waals surface area contributed by atoms with Crippen molar-refractivity contribution in [3.05, 3.63) is 87.0 Å². The van der Waals surface area contributed by atoms with Crippen molar-refractivity contribution in [3.63, 3.8) is 0 Å². The van der Waals surface area contributed by atoms with Gasteiger partial charge in [0.25, 0.3) is 0 Å². The smallest absolute Gasteiger partial charge is 0.427 e. The van der Waals surface area contributed by atoms with Crippen LogP contribution < -0.4 is 4.74 Å². The Morgan fingerprint density at radius 2 is 1.15 bits per heavy atom. The number of ether oxygens (including phenoxy) is 1. The second kappa shape index (κ2) is 10.7. The molecule has 0 aliphatic rings. The van der Waals surface area contributed by atoms with E-state index in [0.29, 0.717) is 24.0 Å². The van der Waals surface area contributed by atoms with Crippen LogP contribution in [0, 0.1) is 13.8 Å². The van der Waals surface area contributed by atoms with Crippen molar-refractivity contribution in [2.75, 3.05) is 0 Å². The second-order valence-corrected chi connectivity index (χ2v) is 9.08. The molecule has 0 spiro atoms. The first-order valence-electron chi connectivity index (χ1n) is 12.6. The highest BCUT2D eigenvalue weighted by Gasteiger charge is 2.39. The number of benzene rings is 3. The van der Waals surface area contributed by atoms with Crippen LogP contribution in [0.15, 0.2) is 42.5 Å². The van der Waals surface area contributed by atoms with Crippen LogP contribution in [0.5, 0.6) is 5.75 Å². The number of halogens is 2. The van der Waals surface area contributed by atoms with E-state index in [0.717, 1.165) is 41.5 Å². The molecule has 0 aliphatic heterocycles. The minimum Gasteiger partial charge on any atom is -0.429 e. The molecule has 34 heavy (non-hydrogen) atoms. The predicted octanol–water partition coefficient (Wildman–Crippen LogP) is 8.91. The van der Waals surface area contributed by atoms with Gasteiger partial charge in [-0.3, -0.25) is 0 Å². The molecular formula is C31H38F2O. The van der Waals surface area contributed by atoms with Crippen molar-refractivity contribution in [1.29, 1.82) is 0 Å². The molecule has 0 aliphatic carbocycles. The molecule has 0 bridgehead atoms. The number of aryl methyl sites for hydroxylation is 6. The Kier molecular flexibility index (Phi) is 8.17. The molecule has 0 heterocycles. The van der Waals surface area contributed by atoms with Crippen molar-refractivity contribution in [2.24, 2.45) is 0 Å². The fraction of sp³-hybridized carbons (Fsp3) is 0.419. The zero-order valence-corrected chi connectivity index (χ0v) is 21.7. The lowest BCUT2D eigenvalue weighted by atomic mass is 9.89. The van der Waals surface area contributed by atoms with Crippen molar-refractivity contribution in [3.8, 4) is 16.9 Å². The number of rotatable bonds is 9. The quantitative estimate of drug-likeness (QED) is 0.307. The lowest BCUT2D eigenvalue weighted by Crippen LogP contribution is -2.26. The zero-order chi connectivity index (χ0) is 25.0. The first kappa shape index (κ1) is 25.9. The lowest BCUT2D eigenvalue weighted by molar-refractivity contribution is -0.186. The van der Waals surface area contributed by atoms with Gasteiger partial charge in [-0.25, -0.2) is 0 Å². The third-order valence-corrected chi connectivity index (χ3v) is 6.91. The molecule has 1 nitrogen and oxygen atoms in total. The normalized spacial score (nSPS) is 11.7. The molecule has 0 fully saturated rings. The molecule has 0 N–H and O–H groups in total. The van der Waals surface area contributed by atoms with Crippen LogP contribution in [-0.2, 0) is 38.2 Å². The first-order chi connectivity index (χ1) is 16.2. The molecule has 3 heteroatoms. The van der Waals surface area contributed by atoms with Gasteiger partial charge in [0.15, 0.2) is 0 Å². The maximum absolute atomic E-state index is 15.8. The van der Waals surface area contributed by atoms with Crippen LogP contribution in [0.3, 0.4) is 0 Å². The van der Waals surface area contributed by atoms with Gasteiger partial charge in [0, 0.05) is 0 Å². The summed E-state index contributed by atoms with van der Waals surface area (Å²) in [4.78, 5) is 0. The van der Waals surface area contributed by atoms with Crippen molar-refractivity contribution in [2.45, 2.75) is 86.7 Å². The fourth-order valence-corrected chi connectivity index (χ4v) is 4.95. The predicted molar refractivity (Wildman–Crippen MR) is 139 cm³/mol. The van der Waals surface area contributed by atoms with E-state index in [1.165, 1.54) is 16.7 Å². The summed E-state index contributed by atoms with van der Waals surface area (Å²) in [6.07, 6.45) is 0.0723. The summed E-state index contributed by atoms with van der Waals surface area (Å²) in [5.41, 5.74) is 9.13. The summed E-state index contributed by atoms with van der Waals surface area (Å²) >= 11 is 0. The van der Waals surface area contributed by atoms with E-state index in [1.807, 2.05) is 39.8 Å². The maximum Gasteiger partial charge on any atom is 0.427 e. The van der Waals surface area contributed by atoms with Crippen molar-refractivity contribution >= 4 is 0 Å². The van der Waals surface area contributed by atoms with E-state index in [2.05, 4.69) is 39.0 Å². The van der Waals surface area contributed by atoms with E-state index in [-0.39, 0.29) is 11.3 Å². The summed E-state index contributed by atoms with van der Waals surface area (Å²) in [6, 6.07) is 13.8. The van der Waals surface area contributed by atoms with Crippen molar-refractivity contribution in [1.82, 2.24) is 0 Å². The van der Waals surface area contributed by atoms with Gasteiger partial charge < -0.3 is 4.74 Å². The highest BCUT2D eigenvalue weighted by Crippen LogP contribution is 2.40. The summed E-state index contributed by atoms with van der Waals surface area (Å²) in [7, 11) is 0. The summed E-state index contributed by atoms with van der Waals surface area (Å²) in [5, 5.41) is 0. The minimum atomic E-state index is -3.42. The monoisotopic (exact) mass is 464 g/mol. The molecule has 0 saturated heterocycles. The van der Waals surface area contributed by atoms with Crippen LogP contribution in [0.25, 0.3) is 11.1 Å². The summed E-state index contributed by atoms with van der Waals surface area (Å²) in [5.74, 6) is 0.240. The third kappa shape index (κ3) is 5.19. The van der Waals surface area contributed by atoms with E-state index < -0.39 is 6.11 Å². The summed E-state index contributed by atoms with van der Waals surface area (Å²) in [6.45, 7) is 14.2. The Bertz CT molecular complexity index is 1110. The first-order valence-corrected chi connectivity index (χ1v) is 12.6. The molecule has 3 aromatic carbocycles. The van der Waals surface area contributed by atoms with Gasteiger partial charge >= 0.3 is 6.11 Å². The van der Waals surface area contributed by atoms with Gasteiger partial charge in [-0.1, -0.05) is 70.5 Å². The summed E-state index contributed by atoms with van der Waals surface area (Å²) < 4.78 is 37.1. The Hall–Kier alpha value is -2.68. The van der Waals surface area contributed by atoms with Crippen LogP contribution >= 0.6 is 0 Å². The molecule has 0 aromatic heterocycles. The molecule has 0 amide bonds. The van der Waals surface area contributed by atoms with E-state index in [1.54, 1.807) is 12.1 Å². The zero-order valence-electron chi connectivity index (χ0n) is 21.7. The largest absolute Gasteiger partial charge is 0.429 e. The Balaban J connectivity index is 2.12. The molecule has 0 unspecified atom stereocenters. The Morgan fingerprint density at radius 1 is 0.647 bits per heavy atom. The van der Waals surface area contributed by atoms with Gasteiger partial charge in [0.05, 0.1) is 5.56 Å². The average molecular weight is 465 g/mol. The third-order valence-electron chi connectivity index (χ3n) is 6.91. The second-order valence-electron chi connectivity index (χ2n) is 9.08. The molecule has 0 atom stereocenters. The van der Waals surface area contributed by atoms with Crippen LogP contribution in [0.1, 0.15) is 79.1 Å². The van der Waals surface area contributed by atoms with Crippen LogP contribution in [-0.4, -0.2) is 0 Å². The number of hydrogen-bond donors (Lipinski definition) is 0. The van der Waals surface area contributed by atoms with Gasteiger partial charge in [0.1, 0.15) is 5.75 Å². The molecule has 0 radical (unpaired) electrons. The Morgan fingerprint density at radius 3 is 1.62 bits per heavy atom. The molecule has 3 aromatic rings. The van der Waals surface area contributed by atoms with Crippen LogP contribution in [0.2, 0.25) is 0 Å². The highest BCUT2D eigenvalue weighted by molar-refractivity contribution is 5.70.